The maximum Gasteiger partial charge on any atom is 0.235 e. The van der Waals surface area contributed by atoms with Crippen LogP contribution in [0.15, 0.2) is 24.3 Å². The van der Waals surface area contributed by atoms with Crippen molar-refractivity contribution in [2.24, 2.45) is 0 Å². The number of hydrogen-bond donors (Lipinski definition) is 1. The number of benzene rings is 1. The number of anilines is 2. The zero-order chi connectivity index (χ0) is 14.8. The summed E-state index contributed by atoms with van der Waals surface area (Å²) >= 11 is 0. The minimum atomic E-state index is -3.33. The van der Waals surface area contributed by atoms with Gasteiger partial charge in [0.25, 0.3) is 0 Å². The van der Waals surface area contributed by atoms with Crippen LogP contribution in [0.3, 0.4) is 0 Å². The number of amides is 1. The van der Waals surface area contributed by atoms with Gasteiger partial charge in [0, 0.05) is 24.3 Å². The van der Waals surface area contributed by atoms with Crippen molar-refractivity contribution in [3.05, 3.63) is 24.3 Å². The van der Waals surface area contributed by atoms with Crippen molar-refractivity contribution in [3.63, 3.8) is 0 Å². The second-order valence-electron chi connectivity index (χ2n) is 5.25. The molecule has 110 valence electrons. The summed E-state index contributed by atoms with van der Waals surface area (Å²) in [5.41, 5.74) is 1.34. The summed E-state index contributed by atoms with van der Waals surface area (Å²) < 4.78 is 26.1. The first-order valence-corrected chi connectivity index (χ1v) is 8.37. The van der Waals surface area contributed by atoms with Gasteiger partial charge in [0.15, 0.2) is 0 Å². The van der Waals surface area contributed by atoms with Crippen LogP contribution in [0.2, 0.25) is 0 Å². The van der Waals surface area contributed by atoms with E-state index in [0.29, 0.717) is 12.1 Å². The van der Waals surface area contributed by atoms with Gasteiger partial charge < -0.3 is 4.90 Å². The number of piperidine rings is 1. The van der Waals surface area contributed by atoms with Crippen molar-refractivity contribution < 1.29 is 13.2 Å². The van der Waals surface area contributed by atoms with Crippen LogP contribution in [0.4, 0.5) is 11.4 Å². The minimum absolute atomic E-state index is 0.131. The summed E-state index contributed by atoms with van der Waals surface area (Å²) in [5.74, 6) is 0.131. The zero-order valence-corrected chi connectivity index (χ0v) is 12.6. The Hall–Kier alpha value is -1.56. The quantitative estimate of drug-likeness (QED) is 0.927. The third kappa shape index (κ3) is 3.30. The molecule has 0 aliphatic carbocycles. The molecule has 0 atom stereocenters. The van der Waals surface area contributed by atoms with Gasteiger partial charge in [-0.2, -0.15) is 0 Å². The SMILES string of the molecule is CC(C)S(=O)(=O)Nc1ccc(N2CCCCC2=O)cc1. The molecule has 1 fully saturated rings. The molecule has 0 bridgehead atoms. The van der Waals surface area contributed by atoms with Crippen molar-refractivity contribution in [1.29, 1.82) is 0 Å². The number of carbonyl (C=O) groups is 1. The minimum Gasteiger partial charge on any atom is -0.312 e. The van der Waals surface area contributed by atoms with Crippen LogP contribution in [-0.2, 0) is 14.8 Å². The van der Waals surface area contributed by atoms with Gasteiger partial charge in [0.2, 0.25) is 15.9 Å². The number of nitrogens with one attached hydrogen (secondary N) is 1. The van der Waals surface area contributed by atoms with Crippen LogP contribution in [-0.4, -0.2) is 26.1 Å². The molecule has 1 aliphatic rings. The van der Waals surface area contributed by atoms with E-state index in [0.717, 1.165) is 25.1 Å². The van der Waals surface area contributed by atoms with Gasteiger partial charge in [-0.15, -0.1) is 0 Å². The molecule has 1 aliphatic heterocycles. The Labute approximate surface area is 120 Å². The molecule has 0 aromatic heterocycles. The molecule has 0 saturated carbocycles. The number of carbonyl (C=O) groups excluding carboxylic acids is 1. The van der Waals surface area contributed by atoms with E-state index in [1.165, 1.54) is 0 Å². The molecule has 2 rings (SSSR count). The summed E-state index contributed by atoms with van der Waals surface area (Å²) in [6.07, 6.45) is 2.54. The third-order valence-corrected chi connectivity index (χ3v) is 5.14. The van der Waals surface area contributed by atoms with E-state index in [1.54, 1.807) is 43.0 Å². The van der Waals surface area contributed by atoms with E-state index in [1.807, 2.05) is 0 Å². The number of rotatable bonds is 4. The van der Waals surface area contributed by atoms with Gasteiger partial charge in [0.1, 0.15) is 0 Å². The predicted octanol–water partition coefficient (Wildman–Crippen LogP) is 2.35. The van der Waals surface area contributed by atoms with Crippen molar-refractivity contribution in [1.82, 2.24) is 0 Å². The predicted molar refractivity (Wildman–Crippen MR) is 80.3 cm³/mol. The van der Waals surface area contributed by atoms with Crippen LogP contribution >= 0.6 is 0 Å². The van der Waals surface area contributed by atoms with Crippen LogP contribution in [0, 0.1) is 0 Å². The largest absolute Gasteiger partial charge is 0.312 e. The van der Waals surface area contributed by atoms with E-state index in [2.05, 4.69) is 4.72 Å². The lowest BCUT2D eigenvalue weighted by molar-refractivity contribution is -0.119. The Morgan fingerprint density at radius 1 is 1.15 bits per heavy atom. The fraction of sp³-hybridized carbons (Fsp3) is 0.500. The van der Waals surface area contributed by atoms with Gasteiger partial charge in [-0.05, 0) is 51.0 Å². The molecule has 1 aromatic carbocycles. The summed E-state index contributed by atoms with van der Waals surface area (Å²) in [5, 5.41) is -0.481. The Bertz CT molecular complexity index is 579. The Morgan fingerprint density at radius 3 is 2.35 bits per heavy atom. The van der Waals surface area contributed by atoms with Crippen molar-refractivity contribution in [2.45, 2.75) is 38.4 Å². The van der Waals surface area contributed by atoms with Crippen LogP contribution in [0.25, 0.3) is 0 Å². The molecule has 0 spiro atoms. The number of hydrogen-bond acceptors (Lipinski definition) is 3. The van der Waals surface area contributed by atoms with Crippen molar-refractivity contribution >= 4 is 27.3 Å². The summed E-state index contributed by atoms with van der Waals surface area (Å²) in [6, 6.07) is 6.94. The van der Waals surface area contributed by atoms with E-state index < -0.39 is 15.3 Å². The topological polar surface area (TPSA) is 66.5 Å². The van der Waals surface area contributed by atoms with Crippen LogP contribution < -0.4 is 9.62 Å². The van der Waals surface area contributed by atoms with Crippen LogP contribution in [0.5, 0.6) is 0 Å². The second kappa shape index (κ2) is 5.83. The molecule has 5 nitrogen and oxygen atoms in total. The highest BCUT2D eigenvalue weighted by molar-refractivity contribution is 7.93. The first-order valence-electron chi connectivity index (χ1n) is 6.82. The van der Waals surface area contributed by atoms with Gasteiger partial charge >= 0.3 is 0 Å². The number of nitrogens with zero attached hydrogens (tertiary/aromatic N) is 1. The maximum absolute atomic E-state index is 11.8. The fourth-order valence-electron chi connectivity index (χ4n) is 2.07. The lowest BCUT2D eigenvalue weighted by atomic mass is 10.1. The molecule has 6 heteroatoms. The van der Waals surface area contributed by atoms with Gasteiger partial charge in [0.05, 0.1) is 5.25 Å². The fourth-order valence-corrected chi connectivity index (χ4v) is 2.77. The third-order valence-electron chi connectivity index (χ3n) is 3.38. The molecule has 1 aromatic rings. The smallest absolute Gasteiger partial charge is 0.235 e. The second-order valence-corrected chi connectivity index (χ2v) is 7.48. The molecule has 1 saturated heterocycles. The Kier molecular flexibility index (Phi) is 4.32. The average molecular weight is 296 g/mol. The highest BCUT2D eigenvalue weighted by Gasteiger charge is 2.20. The average Bonchev–Trinajstić information content (AvgIpc) is 2.40. The van der Waals surface area contributed by atoms with Crippen molar-refractivity contribution in [2.75, 3.05) is 16.2 Å². The standard InChI is InChI=1S/C14H20N2O3S/c1-11(2)20(18,19)15-12-6-8-13(9-7-12)16-10-4-3-5-14(16)17/h6-9,11,15H,3-5,10H2,1-2H3. The molecular formula is C14H20N2O3S. The number of sulfonamides is 1. The molecule has 1 N–H and O–H groups in total. The zero-order valence-electron chi connectivity index (χ0n) is 11.8. The van der Waals surface area contributed by atoms with E-state index in [9.17, 15) is 13.2 Å². The van der Waals surface area contributed by atoms with E-state index in [4.69, 9.17) is 0 Å². The normalized spacial score (nSPS) is 16.6. The Morgan fingerprint density at radius 2 is 1.80 bits per heavy atom. The highest BCUT2D eigenvalue weighted by Crippen LogP contribution is 2.23. The molecule has 1 amide bonds. The molecule has 0 radical (unpaired) electrons. The highest BCUT2D eigenvalue weighted by atomic mass is 32.2. The Balaban J connectivity index is 2.12. The first-order chi connectivity index (χ1) is 9.40. The lowest BCUT2D eigenvalue weighted by Gasteiger charge is -2.26. The summed E-state index contributed by atoms with van der Waals surface area (Å²) in [6.45, 7) is 3.99. The first kappa shape index (κ1) is 14.8. The molecule has 20 heavy (non-hydrogen) atoms. The molecule has 1 heterocycles. The van der Waals surface area contributed by atoms with Gasteiger partial charge in [-0.25, -0.2) is 8.42 Å². The monoisotopic (exact) mass is 296 g/mol. The van der Waals surface area contributed by atoms with Crippen molar-refractivity contribution in [3.8, 4) is 0 Å². The summed E-state index contributed by atoms with van der Waals surface area (Å²) in [7, 11) is -3.33. The van der Waals surface area contributed by atoms with E-state index >= 15 is 0 Å². The van der Waals surface area contributed by atoms with Gasteiger partial charge in [-0.3, -0.25) is 9.52 Å². The van der Waals surface area contributed by atoms with Gasteiger partial charge in [-0.1, -0.05) is 0 Å². The summed E-state index contributed by atoms with van der Waals surface area (Å²) in [4.78, 5) is 13.6. The van der Waals surface area contributed by atoms with E-state index in [-0.39, 0.29) is 5.91 Å². The maximum atomic E-state index is 11.8. The molecular weight excluding hydrogens is 276 g/mol. The molecule has 0 unspecified atom stereocenters. The lowest BCUT2D eigenvalue weighted by Crippen LogP contribution is -2.35. The van der Waals surface area contributed by atoms with Crippen LogP contribution in [0.1, 0.15) is 33.1 Å².